The monoisotopic (exact) mass is 407 g/mol. The molecule has 3 rings (SSSR count). The van der Waals surface area contributed by atoms with E-state index in [1.165, 1.54) is 0 Å². The van der Waals surface area contributed by atoms with E-state index in [0.717, 1.165) is 16.3 Å². The molecule has 1 N–H and O–H groups in total. The van der Waals surface area contributed by atoms with Crippen molar-refractivity contribution in [3.8, 4) is 11.4 Å². The lowest BCUT2D eigenvalue weighted by atomic mass is 10.2. The van der Waals surface area contributed by atoms with Crippen LogP contribution in [0.2, 0.25) is 0 Å². The van der Waals surface area contributed by atoms with Gasteiger partial charge in [0, 0.05) is 5.69 Å². The van der Waals surface area contributed by atoms with E-state index in [1.807, 2.05) is 25.1 Å². The third-order valence-electron chi connectivity index (χ3n) is 4.13. The summed E-state index contributed by atoms with van der Waals surface area (Å²) in [6.45, 7) is 3.20. The van der Waals surface area contributed by atoms with Crippen molar-refractivity contribution in [2.24, 2.45) is 0 Å². The number of esters is 1. The smallest absolute Gasteiger partial charge is 0.362 e. The van der Waals surface area contributed by atoms with Crippen LogP contribution in [-0.2, 0) is 9.53 Å². The quantitative estimate of drug-likeness (QED) is 0.605. The SMILES string of the molecule is CCOC(=O)c1nn(-c2ccccc2C)c(=O)cc1OCC(=O)Nc1ccccc1. The molecule has 0 aliphatic carbocycles. The number of aryl methyl sites for hydroxylation is 1. The van der Waals surface area contributed by atoms with Crippen molar-refractivity contribution in [3.05, 3.63) is 82.3 Å². The number of aromatic nitrogens is 2. The molecule has 0 saturated carbocycles. The number of hydrogen-bond donors (Lipinski definition) is 1. The highest BCUT2D eigenvalue weighted by molar-refractivity contribution is 5.93. The molecular formula is C22H21N3O5. The molecule has 2 aromatic carbocycles. The number of amides is 1. The molecule has 0 atom stereocenters. The van der Waals surface area contributed by atoms with E-state index in [2.05, 4.69) is 10.4 Å². The highest BCUT2D eigenvalue weighted by atomic mass is 16.5. The summed E-state index contributed by atoms with van der Waals surface area (Å²) >= 11 is 0. The highest BCUT2D eigenvalue weighted by Gasteiger charge is 2.21. The van der Waals surface area contributed by atoms with Crippen molar-refractivity contribution in [1.29, 1.82) is 0 Å². The topological polar surface area (TPSA) is 99.5 Å². The van der Waals surface area contributed by atoms with Gasteiger partial charge in [0.15, 0.2) is 12.4 Å². The fraction of sp³-hybridized carbons (Fsp3) is 0.182. The molecule has 1 amide bonds. The lowest BCUT2D eigenvalue weighted by molar-refractivity contribution is -0.118. The zero-order chi connectivity index (χ0) is 21.5. The summed E-state index contributed by atoms with van der Waals surface area (Å²) in [7, 11) is 0. The number of nitrogens with one attached hydrogen (secondary N) is 1. The van der Waals surface area contributed by atoms with Crippen LogP contribution >= 0.6 is 0 Å². The van der Waals surface area contributed by atoms with Crippen LogP contribution in [0.1, 0.15) is 23.0 Å². The van der Waals surface area contributed by atoms with Crippen LogP contribution < -0.4 is 15.6 Å². The van der Waals surface area contributed by atoms with Crippen molar-refractivity contribution in [1.82, 2.24) is 9.78 Å². The largest absolute Gasteiger partial charge is 0.481 e. The predicted octanol–water partition coefficient (Wildman–Crippen LogP) is 2.74. The minimum atomic E-state index is -0.752. The predicted molar refractivity (Wildman–Crippen MR) is 111 cm³/mol. The first kappa shape index (κ1) is 20.8. The van der Waals surface area contributed by atoms with Gasteiger partial charge in [-0.3, -0.25) is 9.59 Å². The van der Waals surface area contributed by atoms with Crippen molar-refractivity contribution in [3.63, 3.8) is 0 Å². The Hall–Kier alpha value is -3.94. The molecule has 0 saturated heterocycles. The lowest BCUT2D eigenvalue weighted by Gasteiger charge is -2.13. The number of hydrogen-bond acceptors (Lipinski definition) is 6. The van der Waals surface area contributed by atoms with Gasteiger partial charge in [-0.2, -0.15) is 9.78 Å². The summed E-state index contributed by atoms with van der Waals surface area (Å²) in [5.41, 5.74) is 1.24. The number of nitrogens with zero attached hydrogens (tertiary/aromatic N) is 2. The number of ether oxygens (including phenoxy) is 2. The summed E-state index contributed by atoms with van der Waals surface area (Å²) in [6.07, 6.45) is 0. The zero-order valence-corrected chi connectivity index (χ0v) is 16.6. The number of rotatable bonds is 7. The van der Waals surface area contributed by atoms with Crippen LogP contribution in [0, 0.1) is 6.92 Å². The van der Waals surface area contributed by atoms with Gasteiger partial charge in [0.1, 0.15) is 0 Å². The summed E-state index contributed by atoms with van der Waals surface area (Å²) in [6, 6.07) is 17.1. The second-order valence-electron chi connectivity index (χ2n) is 6.32. The molecule has 30 heavy (non-hydrogen) atoms. The molecule has 8 heteroatoms. The molecule has 3 aromatic rings. The molecule has 154 valence electrons. The van der Waals surface area contributed by atoms with E-state index in [0.29, 0.717) is 11.4 Å². The molecule has 0 unspecified atom stereocenters. The van der Waals surface area contributed by atoms with Gasteiger partial charge in [-0.15, -0.1) is 0 Å². The minimum Gasteiger partial charge on any atom is -0.481 e. The molecule has 1 aromatic heterocycles. The van der Waals surface area contributed by atoms with Gasteiger partial charge in [-0.05, 0) is 37.6 Å². The first-order chi connectivity index (χ1) is 14.5. The van der Waals surface area contributed by atoms with Crippen LogP contribution in [0.5, 0.6) is 5.75 Å². The van der Waals surface area contributed by atoms with E-state index in [-0.39, 0.29) is 18.1 Å². The second-order valence-corrected chi connectivity index (χ2v) is 6.32. The summed E-state index contributed by atoms with van der Waals surface area (Å²) in [4.78, 5) is 37.2. The van der Waals surface area contributed by atoms with Crippen LogP contribution in [0.25, 0.3) is 5.69 Å². The third kappa shape index (κ3) is 4.91. The number of carbonyl (C=O) groups is 2. The van der Waals surface area contributed by atoms with Gasteiger partial charge >= 0.3 is 5.97 Å². The van der Waals surface area contributed by atoms with E-state index < -0.39 is 24.0 Å². The maximum atomic E-state index is 12.6. The number of anilines is 1. The molecule has 0 bridgehead atoms. The van der Waals surface area contributed by atoms with E-state index in [9.17, 15) is 14.4 Å². The Labute approximate surface area is 173 Å². The average molecular weight is 407 g/mol. The Bertz CT molecular complexity index is 1110. The fourth-order valence-electron chi connectivity index (χ4n) is 2.73. The molecule has 0 spiro atoms. The number of benzene rings is 2. The standard InChI is InChI=1S/C22H21N3O5/c1-3-29-22(28)21-18(30-14-19(26)23-16-10-5-4-6-11-16)13-20(27)25(24-21)17-12-8-7-9-15(17)2/h4-13H,3,14H2,1-2H3,(H,23,26). The molecule has 0 radical (unpaired) electrons. The fourth-order valence-corrected chi connectivity index (χ4v) is 2.73. The third-order valence-corrected chi connectivity index (χ3v) is 4.13. The van der Waals surface area contributed by atoms with E-state index >= 15 is 0 Å². The summed E-state index contributed by atoms with van der Waals surface area (Å²) < 4.78 is 11.6. The van der Waals surface area contributed by atoms with Gasteiger partial charge in [-0.1, -0.05) is 36.4 Å². The first-order valence-electron chi connectivity index (χ1n) is 9.34. The van der Waals surface area contributed by atoms with Gasteiger partial charge in [0.25, 0.3) is 11.5 Å². The molecule has 0 aliphatic rings. The van der Waals surface area contributed by atoms with E-state index in [1.54, 1.807) is 43.3 Å². The Morgan fingerprint density at radius 1 is 1.07 bits per heavy atom. The van der Waals surface area contributed by atoms with Gasteiger partial charge in [0.2, 0.25) is 5.69 Å². The Balaban J connectivity index is 1.88. The normalized spacial score (nSPS) is 10.3. The maximum Gasteiger partial charge on any atom is 0.362 e. The van der Waals surface area contributed by atoms with Crippen LogP contribution in [0.3, 0.4) is 0 Å². The van der Waals surface area contributed by atoms with Gasteiger partial charge in [-0.25, -0.2) is 4.79 Å². The lowest BCUT2D eigenvalue weighted by Crippen LogP contribution is -2.27. The molecule has 0 fully saturated rings. The van der Waals surface area contributed by atoms with Crippen molar-refractivity contribution in [2.75, 3.05) is 18.5 Å². The molecule has 0 aliphatic heterocycles. The van der Waals surface area contributed by atoms with Gasteiger partial charge in [0.05, 0.1) is 18.4 Å². The number of para-hydroxylation sites is 2. The summed E-state index contributed by atoms with van der Waals surface area (Å²) in [5, 5.41) is 6.82. The Morgan fingerprint density at radius 3 is 2.47 bits per heavy atom. The van der Waals surface area contributed by atoms with Crippen molar-refractivity contribution in [2.45, 2.75) is 13.8 Å². The first-order valence-corrected chi connectivity index (χ1v) is 9.34. The molecular weight excluding hydrogens is 386 g/mol. The highest BCUT2D eigenvalue weighted by Crippen LogP contribution is 2.18. The Kier molecular flexibility index (Phi) is 6.59. The maximum absolute atomic E-state index is 12.6. The molecule has 8 nitrogen and oxygen atoms in total. The van der Waals surface area contributed by atoms with Crippen molar-refractivity contribution >= 4 is 17.6 Å². The van der Waals surface area contributed by atoms with Crippen LogP contribution in [0.4, 0.5) is 5.69 Å². The summed E-state index contributed by atoms with van der Waals surface area (Å²) in [5.74, 6) is -1.32. The average Bonchev–Trinajstić information content (AvgIpc) is 2.74. The van der Waals surface area contributed by atoms with Crippen LogP contribution in [-0.4, -0.2) is 34.9 Å². The van der Waals surface area contributed by atoms with Crippen LogP contribution in [0.15, 0.2) is 65.5 Å². The van der Waals surface area contributed by atoms with Gasteiger partial charge < -0.3 is 14.8 Å². The zero-order valence-electron chi connectivity index (χ0n) is 16.6. The van der Waals surface area contributed by atoms with E-state index in [4.69, 9.17) is 9.47 Å². The number of carbonyl (C=O) groups excluding carboxylic acids is 2. The Morgan fingerprint density at radius 2 is 1.77 bits per heavy atom. The molecule has 1 heterocycles. The minimum absolute atomic E-state index is 0.119. The second kappa shape index (κ2) is 9.51. The van der Waals surface area contributed by atoms with Crippen molar-refractivity contribution < 1.29 is 19.1 Å².